The van der Waals surface area contributed by atoms with Crippen molar-refractivity contribution in [2.45, 2.75) is 13.5 Å². The molecule has 0 aliphatic heterocycles. The van der Waals surface area contributed by atoms with Gasteiger partial charge in [-0.3, -0.25) is 4.79 Å². The van der Waals surface area contributed by atoms with Crippen molar-refractivity contribution >= 4 is 44.8 Å². The first-order valence-corrected chi connectivity index (χ1v) is 7.66. The van der Waals surface area contributed by atoms with Crippen molar-refractivity contribution in [2.24, 2.45) is 0 Å². The minimum absolute atomic E-state index is 0.145. The molecular weight excluding hydrogens is 366 g/mol. The Bertz CT molecular complexity index is 756. The van der Waals surface area contributed by atoms with Gasteiger partial charge in [0.2, 0.25) is 5.91 Å². The van der Waals surface area contributed by atoms with E-state index < -0.39 is 0 Å². The summed E-state index contributed by atoms with van der Waals surface area (Å²) in [5, 5.41) is 15.6. The molecule has 0 fully saturated rings. The fourth-order valence-corrected chi connectivity index (χ4v) is 2.48. The average Bonchev–Trinajstić information content (AvgIpc) is 2.48. The van der Waals surface area contributed by atoms with E-state index in [1.807, 2.05) is 12.1 Å². The van der Waals surface area contributed by atoms with E-state index in [1.54, 1.807) is 24.3 Å². The number of rotatable bonds is 4. The van der Waals surface area contributed by atoms with E-state index in [0.717, 1.165) is 10.0 Å². The number of carbonyl (C=O) groups excluding carboxylic acids is 1. The van der Waals surface area contributed by atoms with Gasteiger partial charge in [0.25, 0.3) is 0 Å². The highest BCUT2D eigenvalue weighted by atomic mass is 79.9. The van der Waals surface area contributed by atoms with Crippen molar-refractivity contribution in [1.82, 2.24) is 0 Å². The molecule has 0 atom stereocenters. The molecule has 0 radical (unpaired) electrons. The number of nitrogens with one attached hydrogen (secondary N) is 2. The molecule has 112 valence electrons. The predicted molar refractivity (Wildman–Crippen MR) is 91.9 cm³/mol. The number of anilines is 2. The van der Waals surface area contributed by atoms with Crippen molar-refractivity contribution in [1.29, 1.82) is 5.26 Å². The molecule has 1 amide bonds. The highest BCUT2D eigenvalue weighted by molar-refractivity contribution is 9.10. The summed E-state index contributed by atoms with van der Waals surface area (Å²) in [5.41, 5.74) is 2.82. The standard InChI is InChI=1S/C16H13BrClN3O/c1-10(22)21-14-4-5-15(18)16(7-14)20-9-11-2-3-13(17)6-12(11)8-19/h2-7,20H,9H2,1H3,(H,21,22). The van der Waals surface area contributed by atoms with E-state index in [-0.39, 0.29) is 5.91 Å². The van der Waals surface area contributed by atoms with Crippen LogP contribution in [0.1, 0.15) is 18.1 Å². The fourth-order valence-electron chi connectivity index (χ4n) is 1.94. The maximum atomic E-state index is 11.1. The highest BCUT2D eigenvalue weighted by Gasteiger charge is 2.06. The number of amides is 1. The third-order valence-electron chi connectivity index (χ3n) is 2.95. The van der Waals surface area contributed by atoms with Crippen LogP contribution >= 0.6 is 27.5 Å². The number of halogens is 2. The Balaban J connectivity index is 2.18. The second kappa shape index (κ2) is 7.30. The molecule has 0 saturated heterocycles. The van der Waals surface area contributed by atoms with Crippen molar-refractivity contribution in [3.05, 3.63) is 57.0 Å². The van der Waals surface area contributed by atoms with Crippen LogP contribution < -0.4 is 10.6 Å². The van der Waals surface area contributed by atoms with E-state index in [2.05, 4.69) is 32.6 Å². The fraction of sp³-hybridized carbons (Fsp3) is 0.125. The van der Waals surface area contributed by atoms with E-state index in [4.69, 9.17) is 16.9 Å². The first-order chi connectivity index (χ1) is 10.5. The summed E-state index contributed by atoms with van der Waals surface area (Å²) in [6, 6.07) is 12.9. The first kappa shape index (κ1) is 16.3. The third-order valence-corrected chi connectivity index (χ3v) is 3.77. The second-order valence-electron chi connectivity index (χ2n) is 4.64. The molecule has 4 nitrogen and oxygen atoms in total. The third kappa shape index (κ3) is 4.23. The summed E-state index contributed by atoms with van der Waals surface area (Å²) in [4.78, 5) is 11.1. The molecule has 2 aromatic rings. The van der Waals surface area contributed by atoms with Gasteiger partial charge in [0.15, 0.2) is 0 Å². The Morgan fingerprint density at radius 1 is 1.32 bits per heavy atom. The van der Waals surface area contributed by atoms with Crippen molar-refractivity contribution in [3.63, 3.8) is 0 Å². The summed E-state index contributed by atoms with van der Waals surface area (Å²) < 4.78 is 0.860. The number of hydrogen-bond acceptors (Lipinski definition) is 3. The molecule has 2 rings (SSSR count). The summed E-state index contributed by atoms with van der Waals surface area (Å²) in [6.07, 6.45) is 0. The Kier molecular flexibility index (Phi) is 5.42. The summed E-state index contributed by atoms with van der Waals surface area (Å²) in [5.74, 6) is -0.145. The number of benzene rings is 2. The zero-order valence-electron chi connectivity index (χ0n) is 11.8. The van der Waals surface area contributed by atoms with Gasteiger partial charge in [0, 0.05) is 23.6 Å². The van der Waals surface area contributed by atoms with Crippen molar-refractivity contribution in [2.75, 3.05) is 10.6 Å². The van der Waals surface area contributed by atoms with Crippen LogP contribution in [-0.4, -0.2) is 5.91 Å². The Morgan fingerprint density at radius 3 is 2.77 bits per heavy atom. The molecular formula is C16H13BrClN3O. The van der Waals surface area contributed by atoms with Gasteiger partial charge in [-0.1, -0.05) is 33.6 Å². The zero-order valence-corrected chi connectivity index (χ0v) is 14.1. The molecule has 2 aromatic carbocycles. The molecule has 0 aliphatic carbocycles. The number of nitrogens with zero attached hydrogens (tertiary/aromatic N) is 1. The van der Waals surface area contributed by atoms with Gasteiger partial charge in [0.1, 0.15) is 0 Å². The summed E-state index contributed by atoms with van der Waals surface area (Å²) >= 11 is 9.49. The molecule has 0 heterocycles. The van der Waals surface area contributed by atoms with Crippen LogP contribution in [0, 0.1) is 11.3 Å². The van der Waals surface area contributed by atoms with Gasteiger partial charge in [-0.15, -0.1) is 0 Å². The molecule has 0 aliphatic rings. The molecule has 0 saturated carbocycles. The highest BCUT2D eigenvalue weighted by Crippen LogP contribution is 2.26. The Hall–Kier alpha value is -2.03. The van der Waals surface area contributed by atoms with Crippen LogP contribution in [0.5, 0.6) is 0 Å². The lowest BCUT2D eigenvalue weighted by atomic mass is 10.1. The molecule has 0 unspecified atom stereocenters. The van der Waals surface area contributed by atoms with Crippen LogP contribution in [0.4, 0.5) is 11.4 Å². The monoisotopic (exact) mass is 377 g/mol. The normalized spacial score (nSPS) is 9.91. The van der Waals surface area contributed by atoms with Gasteiger partial charge in [-0.05, 0) is 35.9 Å². The van der Waals surface area contributed by atoms with Gasteiger partial charge < -0.3 is 10.6 Å². The Morgan fingerprint density at radius 2 is 2.09 bits per heavy atom. The van der Waals surface area contributed by atoms with E-state index in [0.29, 0.717) is 28.5 Å². The van der Waals surface area contributed by atoms with Crippen LogP contribution in [0.15, 0.2) is 40.9 Å². The molecule has 6 heteroatoms. The predicted octanol–water partition coefficient (Wildman–Crippen LogP) is 4.54. The molecule has 0 spiro atoms. The zero-order chi connectivity index (χ0) is 16.1. The largest absolute Gasteiger partial charge is 0.380 e. The lowest BCUT2D eigenvalue weighted by molar-refractivity contribution is -0.114. The topological polar surface area (TPSA) is 64.9 Å². The van der Waals surface area contributed by atoms with Crippen molar-refractivity contribution < 1.29 is 4.79 Å². The van der Waals surface area contributed by atoms with Crippen LogP contribution in [0.3, 0.4) is 0 Å². The van der Waals surface area contributed by atoms with Crippen molar-refractivity contribution in [3.8, 4) is 6.07 Å². The van der Waals surface area contributed by atoms with E-state index in [9.17, 15) is 4.79 Å². The van der Waals surface area contributed by atoms with Gasteiger partial charge in [0.05, 0.1) is 22.3 Å². The average molecular weight is 379 g/mol. The first-order valence-electron chi connectivity index (χ1n) is 6.49. The number of nitriles is 1. The second-order valence-corrected chi connectivity index (χ2v) is 5.97. The smallest absolute Gasteiger partial charge is 0.221 e. The minimum Gasteiger partial charge on any atom is -0.380 e. The molecule has 0 aromatic heterocycles. The van der Waals surface area contributed by atoms with Crippen LogP contribution in [-0.2, 0) is 11.3 Å². The van der Waals surface area contributed by atoms with E-state index in [1.165, 1.54) is 6.92 Å². The lowest BCUT2D eigenvalue weighted by Gasteiger charge is -2.12. The maximum Gasteiger partial charge on any atom is 0.221 e. The summed E-state index contributed by atoms with van der Waals surface area (Å²) in [7, 11) is 0. The molecule has 0 bridgehead atoms. The SMILES string of the molecule is CC(=O)Nc1ccc(Cl)c(NCc2ccc(Br)cc2C#N)c1. The summed E-state index contributed by atoms with van der Waals surface area (Å²) in [6.45, 7) is 1.90. The maximum absolute atomic E-state index is 11.1. The van der Waals surface area contributed by atoms with Gasteiger partial charge in [-0.2, -0.15) is 5.26 Å². The minimum atomic E-state index is -0.145. The lowest BCUT2D eigenvalue weighted by Crippen LogP contribution is -2.07. The number of carbonyl (C=O) groups is 1. The van der Waals surface area contributed by atoms with Crippen LogP contribution in [0.25, 0.3) is 0 Å². The van der Waals surface area contributed by atoms with Gasteiger partial charge in [-0.25, -0.2) is 0 Å². The Labute approximate surface area is 142 Å². The molecule has 22 heavy (non-hydrogen) atoms. The number of hydrogen-bond donors (Lipinski definition) is 2. The van der Waals surface area contributed by atoms with E-state index >= 15 is 0 Å². The molecule has 2 N–H and O–H groups in total. The van der Waals surface area contributed by atoms with Gasteiger partial charge >= 0.3 is 0 Å². The van der Waals surface area contributed by atoms with Crippen LogP contribution in [0.2, 0.25) is 5.02 Å². The quantitative estimate of drug-likeness (QED) is 0.820.